The highest BCUT2D eigenvalue weighted by atomic mass is 16.5. The monoisotopic (exact) mass is 529 g/mol. The van der Waals surface area contributed by atoms with Gasteiger partial charge in [-0.05, 0) is 111 Å². The molecule has 2 N–H and O–H groups in total. The number of esters is 1. The Kier molecular flexibility index (Phi) is 8.87. The van der Waals surface area contributed by atoms with Crippen molar-refractivity contribution in [2.45, 2.75) is 131 Å². The van der Waals surface area contributed by atoms with Crippen LogP contribution in [0, 0.1) is 58.2 Å². The van der Waals surface area contributed by atoms with E-state index in [1.807, 2.05) is 34.6 Å². The summed E-state index contributed by atoms with van der Waals surface area (Å²) in [7, 11) is 0. The van der Waals surface area contributed by atoms with Gasteiger partial charge in [0.05, 0.1) is 12.0 Å². The van der Waals surface area contributed by atoms with E-state index in [9.17, 15) is 14.4 Å². The molecule has 11 atom stereocenters. The second-order valence-corrected chi connectivity index (χ2v) is 14.7. The number of Topliss-reactive ketones (excluding diaryl/α,β-unsaturated/α-hetero) is 2. The van der Waals surface area contributed by atoms with Crippen LogP contribution in [0.15, 0.2) is 0 Å². The molecule has 0 radical (unpaired) electrons. The molecule has 0 heterocycles. The zero-order valence-electron chi connectivity index (χ0n) is 25.3. The predicted octanol–water partition coefficient (Wildman–Crippen LogP) is 6.75. The minimum absolute atomic E-state index is 0.0206. The van der Waals surface area contributed by atoms with Crippen molar-refractivity contribution >= 4 is 17.5 Å². The Morgan fingerprint density at radius 1 is 0.921 bits per heavy atom. The molecule has 4 aliphatic rings. The van der Waals surface area contributed by atoms with Crippen LogP contribution < -0.4 is 5.73 Å². The molecule has 38 heavy (non-hydrogen) atoms. The summed E-state index contributed by atoms with van der Waals surface area (Å²) in [6.07, 6.45) is 11.2. The zero-order valence-corrected chi connectivity index (χ0v) is 25.3. The van der Waals surface area contributed by atoms with Crippen molar-refractivity contribution in [3.8, 4) is 0 Å². The lowest BCUT2D eigenvalue weighted by Crippen LogP contribution is -2.54. The Morgan fingerprint density at radius 3 is 2.21 bits per heavy atom. The lowest BCUT2D eigenvalue weighted by Gasteiger charge is -2.61. The summed E-state index contributed by atoms with van der Waals surface area (Å²) in [5.74, 6) is 2.91. The molecule has 0 amide bonds. The van der Waals surface area contributed by atoms with Crippen LogP contribution in [-0.2, 0) is 19.1 Å². The maximum absolute atomic E-state index is 13.3. The molecule has 4 fully saturated rings. The number of rotatable bonds is 9. The van der Waals surface area contributed by atoms with Gasteiger partial charge in [-0.2, -0.15) is 0 Å². The third-order valence-corrected chi connectivity index (χ3v) is 12.5. The van der Waals surface area contributed by atoms with Crippen LogP contribution in [0.3, 0.4) is 0 Å². The molecular weight excluding hydrogens is 474 g/mol. The summed E-state index contributed by atoms with van der Waals surface area (Å²) in [6, 6.07) is -0.512. The average molecular weight is 530 g/mol. The first-order chi connectivity index (χ1) is 17.8. The quantitative estimate of drug-likeness (QED) is 0.334. The number of nitrogens with two attached hydrogens (primary N) is 1. The third kappa shape index (κ3) is 5.27. The number of carbonyl (C=O) groups excluding carboxylic acids is 3. The maximum atomic E-state index is 13.3. The molecule has 0 spiro atoms. The molecule has 0 unspecified atom stereocenters. The van der Waals surface area contributed by atoms with Crippen LogP contribution in [-0.4, -0.2) is 29.7 Å². The van der Waals surface area contributed by atoms with E-state index in [0.717, 1.165) is 43.9 Å². The van der Waals surface area contributed by atoms with Crippen LogP contribution >= 0.6 is 0 Å². The van der Waals surface area contributed by atoms with Crippen LogP contribution in [0.1, 0.15) is 119 Å². The molecule has 5 nitrogen and oxygen atoms in total. The SMILES string of the molecule is CC[C@H](C)[C@H](N)C(=O)C[C@H](C(=O)O[C@@H]1CC[C@@]2(C)[C@@H](CC[C@@H]3[C@@H]2CC[C@]2(C)[C@@H](C(C)=O)CC[C@@H]32)C1)C(C)C. The normalized spacial score (nSPS) is 40.9. The Balaban J connectivity index is 1.39. The molecule has 4 rings (SSSR count). The smallest absolute Gasteiger partial charge is 0.309 e. The van der Waals surface area contributed by atoms with E-state index in [1.54, 1.807) is 0 Å². The van der Waals surface area contributed by atoms with Gasteiger partial charge in [-0.3, -0.25) is 14.4 Å². The van der Waals surface area contributed by atoms with Crippen molar-refractivity contribution in [3.63, 3.8) is 0 Å². The van der Waals surface area contributed by atoms with Gasteiger partial charge < -0.3 is 10.5 Å². The van der Waals surface area contributed by atoms with Gasteiger partial charge in [-0.25, -0.2) is 0 Å². The van der Waals surface area contributed by atoms with Gasteiger partial charge in [0, 0.05) is 12.3 Å². The minimum Gasteiger partial charge on any atom is -0.462 e. The van der Waals surface area contributed by atoms with Gasteiger partial charge in [-0.1, -0.05) is 48.0 Å². The fraction of sp³-hybridized carbons (Fsp3) is 0.909. The Bertz CT molecular complexity index is 899. The number of carbonyl (C=O) groups is 3. The van der Waals surface area contributed by atoms with Gasteiger partial charge in [0.15, 0.2) is 5.78 Å². The van der Waals surface area contributed by atoms with Crippen molar-refractivity contribution in [2.24, 2.45) is 63.9 Å². The molecule has 0 saturated heterocycles. The number of ether oxygens (including phenoxy) is 1. The summed E-state index contributed by atoms with van der Waals surface area (Å²) in [6.45, 7) is 14.8. The van der Waals surface area contributed by atoms with Crippen LogP contribution in [0.4, 0.5) is 0 Å². The second kappa shape index (κ2) is 11.3. The van der Waals surface area contributed by atoms with Crippen molar-refractivity contribution in [1.29, 1.82) is 0 Å². The van der Waals surface area contributed by atoms with E-state index >= 15 is 0 Å². The number of hydrogen-bond acceptors (Lipinski definition) is 5. The standard InChI is InChI=1S/C33H55NO4/c1-8-20(4)30(34)29(36)18-25(19(2)3)31(37)38-23-13-15-32(6)22(17-23)9-10-24-27-12-11-26(21(5)35)33(27,7)16-14-28(24)32/h19-20,22-28,30H,8-18,34H2,1-7H3/t20-,22-,23+,24-,25-,26+,27-,28-,30-,32-,33+/m0/s1. The average Bonchev–Trinajstić information content (AvgIpc) is 3.23. The highest BCUT2D eigenvalue weighted by Crippen LogP contribution is 2.67. The van der Waals surface area contributed by atoms with E-state index < -0.39 is 12.0 Å². The lowest BCUT2D eigenvalue weighted by atomic mass is 9.44. The number of fused-ring (bicyclic) bond motifs is 5. The van der Waals surface area contributed by atoms with Gasteiger partial charge in [0.2, 0.25) is 0 Å². The highest BCUT2D eigenvalue weighted by Gasteiger charge is 2.61. The van der Waals surface area contributed by atoms with Crippen LogP contribution in [0.5, 0.6) is 0 Å². The number of ketones is 2. The fourth-order valence-corrected chi connectivity index (χ4v) is 9.76. The van der Waals surface area contributed by atoms with Crippen molar-refractivity contribution in [3.05, 3.63) is 0 Å². The van der Waals surface area contributed by atoms with E-state index in [1.165, 1.54) is 32.1 Å². The predicted molar refractivity (Wildman–Crippen MR) is 151 cm³/mol. The zero-order chi connectivity index (χ0) is 28.0. The van der Waals surface area contributed by atoms with Crippen LogP contribution in [0.25, 0.3) is 0 Å². The molecule has 4 aliphatic carbocycles. The first-order valence-electron chi connectivity index (χ1n) is 15.8. The van der Waals surface area contributed by atoms with Gasteiger partial charge >= 0.3 is 5.97 Å². The molecule has 4 saturated carbocycles. The molecule has 0 bridgehead atoms. The van der Waals surface area contributed by atoms with Gasteiger partial charge in [0.25, 0.3) is 0 Å². The molecule has 0 aromatic carbocycles. The van der Waals surface area contributed by atoms with E-state index in [4.69, 9.17) is 10.5 Å². The molecule has 0 aromatic heterocycles. The molecule has 216 valence electrons. The first-order valence-corrected chi connectivity index (χ1v) is 15.8. The number of hydrogen-bond donors (Lipinski definition) is 1. The summed E-state index contributed by atoms with van der Waals surface area (Å²) in [5.41, 5.74) is 6.69. The third-order valence-electron chi connectivity index (χ3n) is 12.5. The molecule has 5 heteroatoms. The van der Waals surface area contributed by atoms with E-state index in [-0.39, 0.29) is 47.4 Å². The summed E-state index contributed by atoms with van der Waals surface area (Å²) >= 11 is 0. The largest absolute Gasteiger partial charge is 0.462 e. The fourth-order valence-electron chi connectivity index (χ4n) is 9.76. The van der Waals surface area contributed by atoms with E-state index in [2.05, 4.69) is 13.8 Å². The van der Waals surface area contributed by atoms with Crippen LogP contribution in [0.2, 0.25) is 0 Å². The summed E-state index contributed by atoms with van der Waals surface area (Å²) in [5, 5.41) is 0. The molecular formula is C33H55NO4. The van der Waals surface area contributed by atoms with Gasteiger partial charge in [-0.15, -0.1) is 0 Å². The second-order valence-electron chi connectivity index (χ2n) is 14.7. The van der Waals surface area contributed by atoms with Crippen molar-refractivity contribution in [2.75, 3.05) is 0 Å². The van der Waals surface area contributed by atoms with E-state index in [0.29, 0.717) is 23.0 Å². The Morgan fingerprint density at radius 2 is 1.58 bits per heavy atom. The molecule has 0 aromatic rings. The highest BCUT2D eigenvalue weighted by molar-refractivity contribution is 5.88. The van der Waals surface area contributed by atoms with Gasteiger partial charge in [0.1, 0.15) is 11.9 Å². The molecule has 0 aliphatic heterocycles. The van der Waals surface area contributed by atoms with Crippen molar-refractivity contribution < 1.29 is 19.1 Å². The first kappa shape index (κ1) is 29.7. The Hall–Kier alpha value is -1.23. The topological polar surface area (TPSA) is 86.5 Å². The minimum atomic E-state index is -0.512. The summed E-state index contributed by atoms with van der Waals surface area (Å²) in [4.78, 5) is 38.6. The summed E-state index contributed by atoms with van der Waals surface area (Å²) < 4.78 is 6.17. The maximum Gasteiger partial charge on any atom is 0.309 e. The Labute approximate surface area is 231 Å². The van der Waals surface area contributed by atoms with Crippen molar-refractivity contribution in [1.82, 2.24) is 0 Å². The lowest BCUT2D eigenvalue weighted by molar-refractivity contribution is -0.169.